The number of thiophene rings is 1. The van der Waals surface area contributed by atoms with Crippen LogP contribution in [0.5, 0.6) is 0 Å². The summed E-state index contributed by atoms with van der Waals surface area (Å²) in [7, 11) is 1.71. The summed E-state index contributed by atoms with van der Waals surface area (Å²) in [5.74, 6) is 0. The molecule has 116 valence electrons. The third kappa shape index (κ3) is 4.16. The van der Waals surface area contributed by atoms with Crippen LogP contribution < -0.4 is 5.32 Å². The highest BCUT2D eigenvalue weighted by atomic mass is 79.9. The molecule has 0 aromatic carbocycles. The second-order valence-electron chi connectivity index (χ2n) is 4.61. The molecule has 2 rings (SSSR count). The topological polar surface area (TPSA) is 39.1 Å². The number of halogens is 2. The van der Waals surface area contributed by atoms with Gasteiger partial charge in [-0.1, -0.05) is 6.92 Å². The molecule has 0 saturated heterocycles. The van der Waals surface area contributed by atoms with E-state index in [2.05, 4.69) is 60.6 Å². The molecule has 1 unspecified atom stereocenters. The molecule has 0 spiro atoms. The fraction of sp³-hybridized carbons (Fsp3) is 0.500. The van der Waals surface area contributed by atoms with Gasteiger partial charge in [-0.05, 0) is 56.3 Å². The Labute approximate surface area is 146 Å². The van der Waals surface area contributed by atoms with Crippen molar-refractivity contribution < 1.29 is 4.74 Å². The maximum atomic E-state index is 5.18. The number of nitrogens with zero attached hydrogens (tertiary/aromatic N) is 2. The van der Waals surface area contributed by atoms with Gasteiger partial charge in [0, 0.05) is 16.5 Å². The molecule has 0 aliphatic rings. The number of nitrogens with one attached hydrogen (secondary N) is 1. The van der Waals surface area contributed by atoms with Crippen molar-refractivity contribution in [1.82, 2.24) is 15.1 Å². The van der Waals surface area contributed by atoms with Crippen LogP contribution >= 0.6 is 43.2 Å². The zero-order valence-corrected chi connectivity index (χ0v) is 16.1. The van der Waals surface area contributed by atoms with E-state index in [1.807, 2.05) is 10.9 Å². The summed E-state index contributed by atoms with van der Waals surface area (Å²) in [5.41, 5.74) is 1.14. The molecule has 0 bridgehead atoms. The number of hydrogen-bond donors (Lipinski definition) is 1. The number of ether oxygens (including phenoxy) is 1. The maximum absolute atomic E-state index is 5.18. The normalized spacial score (nSPS) is 12.8. The Balaban J connectivity index is 2.36. The fourth-order valence-corrected chi connectivity index (χ4v) is 4.33. The SMILES string of the molecule is CCCNC(c1sccc1Br)c1c(Br)cnn1CCOC. The largest absolute Gasteiger partial charge is 0.383 e. The Hall–Kier alpha value is -0.210. The highest BCUT2D eigenvalue weighted by Crippen LogP contribution is 2.36. The Morgan fingerprint density at radius 2 is 2.24 bits per heavy atom. The first-order valence-corrected chi connectivity index (χ1v) is 9.32. The van der Waals surface area contributed by atoms with E-state index in [1.54, 1.807) is 18.4 Å². The van der Waals surface area contributed by atoms with Gasteiger partial charge in [0.05, 0.1) is 35.6 Å². The molecular formula is C14H19Br2N3OS. The van der Waals surface area contributed by atoms with Crippen molar-refractivity contribution in [2.75, 3.05) is 20.3 Å². The van der Waals surface area contributed by atoms with Crippen LogP contribution in [0.4, 0.5) is 0 Å². The maximum Gasteiger partial charge on any atom is 0.0864 e. The van der Waals surface area contributed by atoms with Crippen LogP contribution in [0.1, 0.15) is 30.0 Å². The van der Waals surface area contributed by atoms with E-state index in [-0.39, 0.29) is 6.04 Å². The van der Waals surface area contributed by atoms with Gasteiger partial charge < -0.3 is 10.1 Å². The minimum atomic E-state index is 0.119. The Morgan fingerprint density at radius 1 is 1.43 bits per heavy atom. The molecule has 21 heavy (non-hydrogen) atoms. The zero-order chi connectivity index (χ0) is 15.2. The second-order valence-corrected chi connectivity index (χ2v) is 7.27. The molecule has 0 fully saturated rings. The molecular weight excluding hydrogens is 418 g/mol. The summed E-state index contributed by atoms with van der Waals surface area (Å²) in [6.07, 6.45) is 2.94. The van der Waals surface area contributed by atoms with Crippen LogP contribution in [0.2, 0.25) is 0 Å². The Kier molecular flexibility index (Phi) is 6.88. The molecule has 2 aromatic heterocycles. The van der Waals surface area contributed by atoms with Gasteiger partial charge in [-0.3, -0.25) is 4.68 Å². The zero-order valence-electron chi connectivity index (χ0n) is 12.1. The summed E-state index contributed by atoms with van der Waals surface area (Å²) in [5, 5.41) is 10.2. The number of aromatic nitrogens is 2. The van der Waals surface area contributed by atoms with Crippen molar-refractivity contribution >= 4 is 43.2 Å². The number of methoxy groups -OCH3 is 1. The fourth-order valence-electron chi connectivity index (χ4n) is 2.13. The lowest BCUT2D eigenvalue weighted by molar-refractivity contribution is 0.182. The van der Waals surface area contributed by atoms with Crippen LogP contribution in [0.25, 0.3) is 0 Å². The van der Waals surface area contributed by atoms with Gasteiger partial charge in [0.15, 0.2) is 0 Å². The molecule has 1 N–H and O–H groups in total. The number of hydrogen-bond acceptors (Lipinski definition) is 4. The molecule has 1 atom stereocenters. The summed E-state index contributed by atoms with van der Waals surface area (Å²) in [4.78, 5) is 1.27. The first kappa shape index (κ1) is 17.1. The lowest BCUT2D eigenvalue weighted by Gasteiger charge is -2.20. The minimum absolute atomic E-state index is 0.119. The Bertz CT molecular complexity index is 570. The summed E-state index contributed by atoms with van der Waals surface area (Å²) in [6, 6.07) is 2.21. The third-order valence-corrected chi connectivity index (χ3v) is 5.67. The quantitative estimate of drug-likeness (QED) is 0.673. The van der Waals surface area contributed by atoms with E-state index < -0.39 is 0 Å². The molecule has 0 aliphatic carbocycles. The van der Waals surface area contributed by atoms with Gasteiger partial charge in [-0.15, -0.1) is 11.3 Å². The lowest BCUT2D eigenvalue weighted by Crippen LogP contribution is -2.26. The molecule has 2 aromatic rings. The van der Waals surface area contributed by atoms with E-state index in [0.29, 0.717) is 6.61 Å². The first-order chi connectivity index (χ1) is 10.2. The van der Waals surface area contributed by atoms with Gasteiger partial charge in [0.25, 0.3) is 0 Å². The van der Waals surface area contributed by atoms with Crippen LogP contribution in [0.15, 0.2) is 26.6 Å². The van der Waals surface area contributed by atoms with E-state index in [1.165, 1.54) is 4.88 Å². The van der Waals surface area contributed by atoms with Gasteiger partial charge in [0.1, 0.15) is 0 Å². The highest BCUT2D eigenvalue weighted by molar-refractivity contribution is 9.10. The predicted molar refractivity (Wildman–Crippen MR) is 94.0 cm³/mol. The average Bonchev–Trinajstić information content (AvgIpc) is 3.05. The van der Waals surface area contributed by atoms with Crippen molar-refractivity contribution in [2.45, 2.75) is 25.9 Å². The molecule has 4 nitrogen and oxygen atoms in total. The van der Waals surface area contributed by atoms with E-state index >= 15 is 0 Å². The third-order valence-electron chi connectivity index (χ3n) is 3.12. The van der Waals surface area contributed by atoms with Crippen LogP contribution in [-0.4, -0.2) is 30.0 Å². The van der Waals surface area contributed by atoms with Crippen molar-refractivity contribution in [3.05, 3.63) is 37.2 Å². The molecule has 7 heteroatoms. The monoisotopic (exact) mass is 435 g/mol. The van der Waals surface area contributed by atoms with Gasteiger partial charge >= 0.3 is 0 Å². The van der Waals surface area contributed by atoms with Gasteiger partial charge in [-0.25, -0.2) is 0 Å². The Morgan fingerprint density at radius 3 is 2.86 bits per heavy atom. The van der Waals surface area contributed by atoms with Crippen LogP contribution in [0, 0.1) is 0 Å². The van der Waals surface area contributed by atoms with E-state index in [4.69, 9.17) is 4.74 Å². The standard InChI is InChI=1S/C14H19Br2N3OS/c1-3-5-17-12(14-10(15)4-8-21-14)13-11(16)9-18-19(13)6-7-20-2/h4,8-9,12,17H,3,5-7H2,1-2H3. The minimum Gasteiger partial charge on any atom is -0.383 e. The average molecular weight is 437 g/mol. The van der Waals surface area contributed by atoms with Crippen LogP contribution in [-0.2, 0) is 11.3 Å². The predicted octanol–water partition coefficient (Wildman–Crippen LogP) is 4.21. The summed E-state index contributed by atoms with van der Waals surface area (Å²) < 4.78 is 9.34. The molecule has 0 saturated carbocycles. The van der Waals surface area contributed by atoms with Gasteiger partial charge in [0.2, 0.25) is 0 Å². The smallest absolute Gasteiger partial charge is 0.0864 e. The van der Waals surface area contributed by atoms with Crippen molar-refractivity contribution in [3.63, 3.8) is 0 Å². The molecule has 2 heterocycles. The molecule has 0 amide bonds. The lowest BCUT2D eigenvalue weighted by atomic mass is 10.1. The molecule has 0 radical (unpaired) electrons. The molecule has 0 aliphatic heterocycles. The van der Waals surface area contributed by atoms with E-state index in [0.717, 1.165) is 34.1 Å². The van der Waals surface area contributed by atoms with Crippen molar-refractivity contribution in [3.8, 4) is 0 Å². The number of rotatable bonds is 8. The van der Waals surface area contributed by atoms with E-state index in [9.17, 15) is 0 Å². The van der Waals surface area contributed by atoms with Crippen LogP contribution in [0.3, 0.4) is 0 Å². The second kappa shape index (κ2) is 8.43. The van der Waals surface area contributed by atoms with Crippen molar-refractivity contribution in [2.24, 2.45) is 0 Å². The summed E-state index contributed by atoms with van der Waals surface area (Å²) >= 11 is 9.03. The first-order valence-electron chi connectivity index (χ1n) is 6.85. The highest BCUT2D eigenvalue weighted by Gasteiger charge is 2.24. The van der Waals surface area contributed by atoms with Gasteiger partial charge in [-0.2, -0.15) is 5.10 Å². The van der Waals surface area contributed by atoms with Crippen molar-refractivity contribution in [1.29, 1.82) is 0 Å². The summed E-state index contributed by atoms with van der Waals surface area (Å²) in [6.45, 7) is 4.51.